The van der Waals surface area contributed by atoms with Crippen LogP contribution >= 0.6 is 0 Å². The van der Waals surface area contributed by atoms with Gasteiger partial charge in [-0.3, -0.25) is 4.79 Å². The molecule has 5 heteroatoms. The van der Waals surface area contributed by atoms with Crippen molar-refractivity contribution >= 4 is 11.9 Å². The Morgan fingerprint density at radius 1 is 1.04 bits per heavy atom. The highest BCUT2D eigenvalue weighted by Gasteiger charge is 2.13. The third-order valence-electron chi connectivity index (χ3n) is 4.54. The van der Waals surface area contributed by atoms with E-state index in [1.54, 1.807) is 19.1 Å². The lowest BCUT2D eigenvalue weighted by Crippen LogP contribution is -2.06. The van der Waals surface area contributed by atoms with Crippen molar-refractivity contribution in [1.29, 1.82) is 0 Å². The highest BCUT2D eigenvalue weighted by Crippen LogP contribution is 2.28. The lowest BCUT2D eigenvalue weighted by atomic mass is 9.90. The van der Waals surface area contributed by atoms with Gasteiger partial charge in [-0.25, -0.2) is 4.79 Å². The third kappa shape index (κ3) is 6.72. The van der Waals surface area contributed by atoms with Crippen LogP contribution in [0.1, 0.15) is 66.9 Å². The molecule has 0 radical (unpaired) electrons. The van der Waals surface area contributed by atoms with Crippen molar-refractivity contribution in [1.82, 2.24) is 0 Å². The number of aliphatic carboxylic acids is 1. The Labute approximate surface area is 166 Å². The molecule has 0 saturated heterocycles. The summed E-state index contributed by atoms with van der Waals surface area (Å²) in [7, 11) is 0. The number of esters is 1. The van der Waals surface area contributed by atoms with Crippen molar-refractivity contribution in [3.8, 4) is 5.75 Å². The van der Waals surface area contributed by atoms with Gasteiger partial charge in [0.15, 0.2) is 0 Å². The van der Waals surface area contributed by atoms with Gasteiger partial charge in [-0.15, -0.1) is 0 Å². The summed E-state index contributed by atoms with van der Waals surface area (Å²) in [5.41, 5.74) is 2.54. The molecule has 0 bridgehead atoms. The summed E-state index contributed by atoms with van der Waals surface area (Å²) in [5, 5.41) is 8.93. The van der Waals surface area contributed by atoms with Gasteiger partial charge >= 0.3 is 11.9 Å². The lowest BCUT2D eigenvalue weighted by Gasteiger charge is -2.16. The zero-order chi connectivity index (χ0) is 20.4. The molecule has 150 valence electrons. The maximum Gasteiger partial charge on any atom is 0.338 e. The molecular weight excluding hydrogens is 356 g/mol. The summed E-state index contributed by atoms with van der Waals surface area (Å²) in [6.45, 7) is 4.58. The zero-order valence-corrected chi connectivity index (χ0v) is 16.5. The molecule has 0 aliphatic rings. The fourth-order valence-electron chi connectivity index (χ4n) is 3.13. The van der Waals surface area contributed by atoms with Crippen molar-refractivity contribution in [2.24, 2.45) is 0 Å². The van der Waals surface area contributed by atoms with Crippen molar-refractivity contribution < 1.29 is 24.2 Å². The first-order valence-corrected chi connectivity index (χ1v) is 9.74. The Morgan fingerprint density at radius 2 is 1.79 bits per heavy atom. The Hall–Kier alpha value is -2.82. The second kappa shape index (κ2) is 11.1. The molecule has 2 aromatic carbocycles. The predicted molar refractivity (Wildman–Crippen MR) is 108 cm³/mol. The van der Waals surface area contributed by atoms with E-state index in [-0.39, 0.29) is 18.3 Å². The molecule has 0 aliphatic heterocycles. The standard InChI is InChI=1S/C23H28O5/c1-3-6-18(11-14-22(24)25)19-9-12-21(13-10-19)28-16-17-7-5-8-20(15-17)23(26)27-4-2/h5,7-10,12-13,15,18H,3-4,6,11,14,16H2,1-2H3,(H,24,25). The van der Waals surface area contributed by atoms with E-state index in [0.29, 0.717) is 25.2 Å². The summed E-state index contributed by atoms with van der Waals surface area (Å²) in [6, 6.07) is 15.0. The molecule has 5 nitrogen and oxygen atoms in total. The minimum Gasteiger partial charge on any atom is -0.489 e. The lowest BCUT2D eigenvalue weighted by molar-refractivity contribution is -0.137. The first-order chi connectivity index (χ1) is 13.5. The van der Waals surface area contributed by atoms with Crippen molar-refractivity contribution in [3.63, 3.8) is 0 Å². The maximum absolute atomic E-state index is 11.8. The smallest absolute Gasteiger partial charge is 0.338 e. The predicted octanol–water partition coefficient (Wildman–Crippen LogP) is 5.19. The minimum absolute atomic E-state index is 0.180. The largest absolute Gasteiger partial charge is 0.489 e. The van der Waals surface area contributed by atoms with Gasteiger partial charge in [0.05, 0.1) is 12.2 Å². The van der Waals surface area contributed by atoms with Gasteiger partial charge in [0.25, 0.3) is 0 Å². The van der Waals surface area contributed by atoms with E-state index in [4.69, 9.17) is 14.6 Å². The molecule has 0 saturated carbocycles. The summed E-state index contributed by atoms with van der Waals surface area (Å²) < 4.78 is 10.9. The molecule has 2 rings (SSSR count). The van der Waals surface area contributed by atoms with Crippen LogP contribution in [-0.2, 0) is 16.1 Å². The molecule has 1 N–H and O–H groups in total. The van der Waals surface area contributed by atoms with Crippen molar-refractivity contribution in [3.05, 3.63) is 65.2 Å². The number of carboxylic acid groups (broad SMARTS) is 1. The summed E-state index contributed by atoms with van der Waals surface area (Å²) in [5.74, 6) is -0.113. The summed E-state index contributed by atoms with van der Waals surface area (Å²) in [4.78, 5) is 22.7. The van der Waals surface area contributed by atoms with E-state index in [0.717, 1.165) is 29.7 Å². The van der Waals surface area contributed by atoms with E-state index in [9.17, 15) is 9.59 Å². The quantitative estimate of drug-likeness (QED) is 0.540. The van der Waals surface area contributed by atoms with Crippen LogP contribution in [0.15, 0.2) is 48.5 Å². The Balaban J connectivity index is 1.97. The number of ether oxygens (including phenoxy) is 2. The Morgan fingerprint density at radius 3 is 2.43 bits per heavy atom. The van der Waals surface area contributed by atoms with Gasteiger partial charge in [-0.1, -0.05) is 37.6 Å². The molecule has 0 amide bonds. The fourth-order valence-corrected chi connectivity index (χ4v) is 3.13. The number of carboxylic acids is 1. The Bertz CT molecular complexity index is 767. The number of hydrogen-bond donors (Lipinski definition) is 1. The van der Waals surface area contributed by atoms with Crippen LogP contribution in [0.25, 0.3) is 0 Å². The average Bonchev–Trinajstić information content (AvgIpc) is 2.70. The SMILES string of the molecule is CCCC(CCC(=O)O)c1ccc(OCc2cccc(C(=O)OCC)c2)cc1. The molecule has 0 fully saturated rings. The van der Waals surface area contributed by atoms with Crippen LogP contribution in [0.3, 0.4) is 0 Å². The highest BCUT2D eigenvalue weighted by atomic mass is 16.5. The van der Waals surface area contributed by atoms with Crippen LogP contribution in [0.4, 0.5) is 0 Å². The van der Waals surface area contributed by atoms with Gasteiger partial charge in [-0.05, 0) is 61.1 Å². The Kier molecular flexibility index (Phi) is 8.53. The van der Waals surface area contributed by atoms with E-state index in [2.05, 4.69) is 6.92 Å². The van der Waals surface area contributed by atoms with Crippen LogP contribution < -0.4 is 4.74 Å². The van der Waals surface area contributed by atoms with Gasteiger partial charge in [0, 0.05) is 6.42 Å². The minimum atomic E-state index is -0.758. The molecule has 0 spiro atoms. The molecule has 1 atom stereocenters. The van der Waals surface area contributed by atoms with E-state index >= 15 is 0 Å². The van der Waals surface area contributed by atoms with Crippen LogP contribution in [0.2, 0.25) is 0 Å². The van der Waals surface area contributed by atoms with E-state index in [1.165, 1.54) is 0 Å². The number of carbonyl (C=O) groups excluding carboxylic acids is 1. The average molecular weight is 384 g/mol. The van der Waals surface area contributed by atoms with Gasteiger partial charge < -0.3 is 14.6 Å². The zero-order valence-electron chi connectivity index (χ0n) is 16.5. The van der Waals surface area contributed by atoms with Crippen molar-refractivity contribution in [2.45, 2.75) is 52.1 Å². The summed E-state index contributed by atoms with van der Waals surface area (Å²) >= 11 is 0. The summed E-state index contributed by atoms with van der Waals surface area (Å²) in [6.07, 6.45) is 2.80. The highest BCUT2D eigenvalue weighted by molar-refractivity contribution is 5.89. The maximum atomic E-state index is 11.8. The van der Waals surface area contributed by atoms with Crippen molar-refractivity contribution in [2.75, 3.05) is 6.61 Å². The number of carbonyl (C=O) groups is 2. The number of rotatable bonds is 11. The van der Waals surface area contributed by atoms with Gasteiger partial charge in [-0.2, -0.15) is 0 Å². The molecule has 28 heavy (non-hydrogen) atoms. The molecule has 2 aromatic rings. The third-order valence-corrected chi connectivity index (χ3v) is 4.54. The fraction of sp³-hybridized carbons (Fsp3) is 0.391. The van der Waals surface area contributed by atoms with E-state index < -0.39 is 5.97 Å². The van der Waals surface area contributed by atoms with Gasteiger partial charge in [0.2, 0.25) is 0 Å². The van der Waals surface area contributed by atoms with Crippen LogP contribution in [0.5, 0.6) is 5.75 Å². The second-order valence-electron chi connectivity index (χ2n) is 6.70. The molecular formula is C23H28O5. The van der Waals surface area contributed by atoms with Gasteiger partial charge in [0.1, 0.15) is 12.4 Å². The van der Waals surface area contributed by atoms with Crippen LogP contribution in [-0.4, -0.2) is 23.7 Å². The number of benzene rings is 2. The van der Waals surface area contributed by atoms with Crippen LogP contribution in [0, 0.1) is 0 Å². The topological polar surface area (TPSA) is 72.8 Å². The molecule has 0 heterocycles. The second-order valence-corrected chi connectivity index (χ2v) is 6.70. The molecule has 1 unspecified atom stereocenters. The first kappa shape index (κ1) is 21.5. The van der Waals surface area contributed by atoms with E-state index in [1.807, 2.05) is 36.4 Å². The number of hydrogen-bond acceptors (Lipinski definition) is 4. The molecule has 0 aliphatic carbocycles. The normalized spacial score (nSPS) is 11.6. The molecule has 0 aromatic heterocycles. The first-order valence-electron chi connectivity index (χ1n) is 9.74. The monoisotopic (exact) mass is 384 g/mol.